The molecule has 0 atom stereocenters. The Morgan fingerprint density at radius 1 is 1.39 bits per heavy atom. The van der Waals surface area contributed by atoms with E-state index in [0.717, 1.165) is 0 Å². The zero-order chi connectivity index (χ0) is 13.5. The molecule has 1 aromatic carbocycles. The first kappa shape index (κ1) is 14.2. The van der Waals surface area contributed by atoms with Gasteiger partial charge in [0.05, 0.1) is 6.61 Å². The lowest BCUT2D eigenvalue weighted by Gasteiger charge is -2.08. The highest BCUT2D eigenvalue weighted by atomic mass is 19.3. The molecule has 0 aliphatic carbocycles. The Morgan fingerprint density at radius 3 is 2.67 bits per heavy atom. The predicted molar refractivity (Wildman–Crippen MR) is 63.4 cm³/mol. The highest BCUT2D eigenvalue weighted by Gasteiger charge is 2.10. The Bertz CT molecular complexity index is 442. The van der Waals surface area contributed by atoms with E-state index in [0.29, 0.717) is 11.1 Å². The Morgan fingerprint density at radius 2 is 2.06 bits per heavy atom. The van der Waals surface area contributed by atoms with Gasteiger partial charge in [-0.05, 0) is 26.0 Å². The van der Waals surface area contributed by atoms with Crippen molar-refractivity contribution in [2.75, 3.05) is 6.61 Å². The highest BCUT2D eigenvalue weighted by Crippen LogP contribution is 2.23. The van der Waals surface area contributed by atoms with Crippen LogP contribution in [0.25, 0.3) is 6.08 Å². The minimum atomic E-state index is -2.90. The fourth-order valence-electron chi connectivity index (χ4n) is 1.34. The van der Waals surface area contributed by atoms with E-state index in [2.05, 4.69) is 4.74 Å². The molecular weight excluding hydrogens is 242 g/mol. The van der Waals surface area contributed by atoms with Crippen molar-refractivity contribution in [3.05, 3.63) is 35.4 Å². The van der Waals surface area contributed by atoms with E-state index in [-0.39, 0.29) is 12.4 Å². The quantitative estimate of drug-likeness (QED) is 0.599. The normalized spacial score (nSPS) is 11.5. The van der Waals surface area contributed by atoms with Crippen LogP contribution in [0.2, 0.25) is 0 Å². The summed E-state index contributed by atoms with van der Waals surface area (Å²) in [6.45, 7) is 0.609. The van der Waals surface area contributed by atoms with Gasteiger partial charge < -0.3 is 9.47 Å². The summed E-state index contributed by atoms with van der Waals surface area (Å²) in [5.41, 5.74) is 0.727. The second-order valence-electron chi connectivity index (χ2n) is 3.46. The number of carbonyl (C=O) groups excluding carboxylic acids is 1. The number of alkyl halides is 2. The van der Waals surface area contributed by atoms with Crippen molar-refractivity contribution in [3.63, 3.8) is 0 Å². The van der Waals surface area contributed by atoms with Crippen molar-refractivity contribution >= 4 is 12.0 Å². The summed E-state index contributed by atoms with van der Waals surface area (Å²) >= 11 is 0. The minimum absolute atomic E-state index is 0.0242. The van der Waals surface area contributed by atoms with Gasteiger partial charge in [-0.25, -0.2) is 4.79 Å². The minimum Gasteiger partial charge on any atom is -0.463 e. The molecule has 0 radical (unpaired) electrons. The van der Waals surface area contributed by atoms with E-state index in [1.807, 2.05) is 0 Å². The Balaban J connectivity index is 2.95. The monoisotopic (exact) mass is 256 g/mol. The van der Waals surface area contributed by atoms with Crippen LogP contribution in [0.15, 0.2) is 29.8 Å². The summed E-state index contributed by atoms with van der Waals surface area (Å²) in [4.78, 5) is 11.4. The average Bonchev–Trinajstić information content (AvgIpc) is 2.31. The predicted octanol–water partition coefficient (Wildman–Crippen LogP) is 3.25. The maximum atomic E-state index is 12.2. The molecule has 18 heavy (non-hydrogen) atoms. The fraction of sp³-hybridized carbons (Fsp3) is 0.308. The molecule has 3 nitrogen and oxygen atoms in total. The lowest BCUT2D eigenvalue weighted by molar-refractivity contribution is -0.138. The molecule has 0 aromatic heterocycles. The van der Waals surface area contributed by atoms with Crippen molar-refractivity contribution in [1.29, 1.82) is 0 Å². The third-order valence-electron chi connectivity index (χ3n) is 2.10. The van der Waals surface area contributed by atoms with Crippen molar-refractivity contribution in [3.8, 4) is 5.75 Å². The summed E-state index contributed by atoms with van der Waals surface area (Å²) in [7, 11) is 0. The van der Waals surface area contributed by atoms with Crippen LogP contribution in [0.3, 0.4) is 0 Å². The van der Waals surface area contributed by atoms with Crippen LogP contribution in [0.1, 0.15) is 19.4 Å². The number of hydrogen-bond donors (Lipinski definition) is 0. The maximum Gasteiger partial charge on any atom is 0.387 e. The first-order valence-corrected chi connectivity index (χ1v) is 5.43. The van der Waals surface area contributed by atoms with Gasteiger partial charge in [0.2, 0.25) is 0 Å². The van der Waals surface area contributed by atoms with Gasteiger partial charge in [-0.1, -0.05) is 18.2 Å². The third kappa shape index (κ3) is 4.16. The van der Waals surface area contributed by atoms with E-state index in [4.69, 9.17) is 4.74 Å². The number of carbonyl (C=O) groups is 1. The van der Waals surface area contributed by atoms with E-state index >= 15 is 0 Å². The van der Waals surface area contributed by atoms with Gasteiger partial charge in [0.1, 0.15) is 5.75 Å². The van der Waals surface area contributed by atoms with Gasteiger partial charge in [-0.2, -0.15) is 8.78 Å². The number of esters is 1. The average molecular weight is 256 g/mol. The molecule has 0 amide bonds. The molecule has 0 saturated carbocycles. The number of rotatable bonds is 5. The SMILES string of the molecule is CCOC(=O)C(C)=Cc1ccccc1OC(F)F. The smallest absolute Gasteiger partial charge is 0.387 e. The molecule has 0 aliphatic rings. The van der Waals surface area contributed by atoms with Gasteiger partial charge in [-0.3, -0.25) is 0 Å². The Kier molecular flexibility index (Phi) is 5.30. The van der Waals surface area contributed by atoms with Gasteiger partial charge in [0.25, 0.3) is 0 Å². The van der Waals surface area contributed by atoms with Crippen molar-refractivity contribution in [2.45, 2.75) is 20.5 Å². The molecule has 0 saturated heterocycles. The largest absolute Gasteiger partial charge is 0.463 e. The van der Waals surface area contributed by atoms with Gasteiger partial charge in [0, 0.05) is 11.1 Å². The van der Waals surface area contributed by atoms with E-state index in [1.54, 1.807) is 32.0 Å². The third-order valence-corrected chi connectivity index (χ3v) is 2.10. The van der Waals surface area contributed by atoms with E-state index < -0.39 is 12.6 Å². The van der Waals surface area contributed by atoms with Crippen LogP contribution in [0.4, 0.5) is 8.78 Å². The van der Waals surface area contributed by atoms with Crippen LogP contribution in [0, 0.1) is 0 Å². The number of halogens is 2. The molecule has 0 bridgehead atoms. The Hall–Kier alpha value is -1.91. The van der Waals surface area contributed by atoms with Gasteiger partial charge in [0.15, 0.2) is 0 Å². The van der Waals surface area contributed by atoms with Crippen molar-refractivity contribution in [1.82, 2.24) is 0 Å². The lowest BCUT2D eigenvalue weighted by atomic mass is 10.1. The zero-order valence-corrected chi connectivity index (χ0v) is 10.2. The van der Waals surface area contributed by atoms with Crippen molar-refractivity contribution in [2.24, 2.45) is 0 Å². The van der Waals surface area contributed by atoms with Crippen LogP contribution in [-0.4, -0.2) is 19.2 Å². The number of hydrogen-bond acceptors (Lipinski definition) is 3. The van der Waals surface area contributed by atoms with E-state index in [9.17, 15) is 13.6 Å². The molecule has 0 unspecified atom stereocenters. The number of benzene rings is 1. The number of para-hydroxylation sites is 1. The zero-order valence-electron chi connectivity index (χ0n) is 10.2. The topological polar surface area (TPSA) is 35.5 Å². The molecular formula is C13H14F2O3. The molecule has 98 valence electrons. The fourth-order valence-corrected chi connectivity index (χ4v) is 1.34. The lowest BCUT2D eigenvalue weighted by Crippen LogP contribution is -2.06. The second kappa shape index (κ2) is 6.74. The van der Waals surface area contributed by atoms with Gasteiger partial charge >= 0.3 is 12.6 Å². The number of ether oxygens (including phenoxy) is 2. The summed E-state index contributed by atoms with van der Waals surface area (Å²) in [6.07, 6.45) is 1.45. The van der Waals surface area contributed by atoms with Gasteiger partial charge in [-0.15, -0.1) is 0 Å². The first-order chi connectivity index (χ1) is 8.54. The highest BCUT2D eigenvalue weighted by molar-refractivity contribution is 5.93. The molecule has 0 heterocycles. The second-order valence-corrected chi connectivity index (χ2v) is 3.46. The summed E-state index contributed by atoms with van der Waals surface area (Å²) in [5, 5.41) is 0. The van der Waals surface area contributed by atoms with Crippen LogP contribution < -0.4 is 4.74 Å². The molecule has 0 aliphatic heterocycles. The standard InChI is InChI=1S/C13H14F2O3/c1-3-17-12(16)9(2)8-10-6-4-5-7-11(10)18-13(14)15/h4-8,13H,3H2,1-2H3. The summed E-state index contributed by atoms with van der Waals surface area (Å²) in [6, 6.07) is 6.24. The summed E-state index contributed by atoms with van der Waals surface area (Å²) < 4.78 is 33.5. The molecule has 0 fully saturated rings. The van der Waals surface area contributed by atoms with Crippen LogP contribution >= 0.6 is 0 Å². The first-order valence-electron chi connectivity index (χ1n) is 5.43. The van der Waals surface area contributed by atoms with Crippen molar-refractivity contribution < 1.29 is 23.0 Å². The van der Waals surface area contributed by atoms with Crippen LogP contribution in [0.5, 0.6) is 5.75 Å². The molecule has 1 rings (SSSR count). The van der Waals surface area contributed by atoms with Crippen LogP contribution in [-0.2, 0) is 9.53 Å². The molecule has 1 aromatic rings. The Labute approximate surface area is 104 Å². The maximum absolute atomic E-state index is 12.2. The van der Waals surface area contributed by atoms with E-state index in [1.165, 1.54) is 12.1 Å². The molecule has 0 spiro atoms. The summed E-state index contributed by atoms with van der Waals surface area (Å²) in [5.74, 6) is -0.458. The molecule has 0 N–H and O–H groups in total. The molecule has 5 heteroatoms.